The molecule has 38 heavy (non-hydrogen) atoms. The molecule has 3 amide bonds. The number of carbonyl (C=O) groups excluding carboxylic acids is 2. The second kappa shape index (κ2) is 11.2. The lowest BCUT2D eigenvalue weighted by atomic mass is 9.90. The zero-order chi connectivity index (χ0) is 27.6. The van der Waals surface area contributed by atoms with Crippen LogP contribution >= 0.6 is 0 Å². The number of carbonyl (C=O) groups is 2. The molecule has 1 aromatic carbocycles. The Bertz CT molecular complexity index is 1240. The summed E-state index contributed by atoms with van der Waals surface area (Å²) in [6.45, 7) is 3.43. The summed E-state index contributed by atoms with van der Waals surface area (Å²) < 4.78 is 62.2. The number of anilines is 3. The van der Waals surface area contributed by atoms with Crippen LogP contribution in [-0.4, -0.2) is 54.1 Å². The predicted molar refractivity (Wildman–Crippen MR) is 133 cm³/mol. The largest absolute Gasteiger partial charge is 0.494 e. The predicted octanol–water partition coefficient (Wildman–Crippen LogP) is 4.31. The molecule has 2 heterocycles. The van der Waals surface area contributed by atoms with E-state index in [0.29, 0.717) is 17.7 Å². The molecule has 2 atom stereocenters. The third-order valence-corrected chi connectivity index (χ3v) is 6.62. The standard InChI is InChI=1S/C25H28F4N6O3/c1-4-19(36)31-15-7-5-6-8-16(15)32-24-30-10-14-11-34(25(37)35(12-18(26)27)23(14)33-24)22-20(28)13(2)9-17(38-3)21(22)29/h4,9-10,15-16,18H,1,5-8,11-12H2,2-3H3,(H,31,36)(H,30,32,33). The summed E-state index contributed by atoms with van der Waals surface area (Å²) >= 11 is 0. The first kappa shape index (κ1) is 27.1. The number of urea groups is 1. The van der Waals surface area contributed by atoms with Crippen molar-refractivity contribution in [3.63, 3.8) is 0 Å². The van der Waals surface area contributed by atoms with Crippen molar-refractivity contribution in [2.75, 3.05) is 28.8 Å². The maximum Gasteiger partial charge on any atom is 0.330 e. The number of hydrogen-bond donors (Lipinski definition) is 2. The van der Waals surface area contributed by atoms with E-state index in [2.05, 4.69) is 27.2 Å². The summed E-state index contributed by atoms with van der Waals surface area (Å²) in [7, 11) is 1.19. The number of ether oxygens (including phenoxy) is 1. The highest BCUT2D eigenvalue weighted by Crippen LogP contribution is 2.38. The van der Waals surface area contributed by atoms with Crippen molar-refractivity contribution in [2.45, 2.75) is 57.7 Å². The number of nitrogens with one attached hydrogen (secondary N) is 2. The van der Waals surface area contributed by atoms with Crippen LogP contribution in [0.1, 0.15) is 36.8 Å². The highest BCUT2D eigenvalue weighted by molar-refractivity contribution is 6.05. The molecule has 1 aromatic heterocycles. The molecule has 2 N–H and O–H groups in total. The lowest BCUT2D eigenvalue weighted by molar-refractivity contribution is -0.117. The van der Waals surface area contributed by atoms with Crippen molar-refractivity contribution in [3.8, 4) is 5.75 Å². The Morgan fingerprint density at radius 3 is 2.63 bits per heavy atom. The third-order valence-electron chi connectivity index (χ3n) is 6.62. The fraction of sp³-hybridized carbons (Fsp3) is 0.440. The van der Waals surface area contributed by atoms with Gasteiger partial charge in [-0.15, -0.1) is 0 Å². The van der Waals surface area contributed by atoms with E-state index in [0.717, 1.165) is 23.8 Å². The van der Waals surface area contributed by atoms with Crippen LogP contribution in [0.4, 0.5) is 39.8 Å². The molecular formula is C25H28F4N6O3. The zero-order valence-electron chi connectivity index (χ0n) is 20.9. The Morgan fingerprint density at radius 2 is 1.97 bits per heavy atom. The second-order valence-electron chi connectivity index (χ2n) is 9.14. The number of alkyl halides is 2. The minimum atomic E-state index is -2.95. The highest BCUT2D eigenvalue weighted by Gasteiger charge is 2.38. The average molecular weight is 537 g/mol. The van der Waals surface area contributed by atoms with Crippen molar-refractivity contribution in [2.24, 2.45) is 0 Å². The zero-order valence-corrected chi connectivity index (χ0v) is 20.9. The Balaban J connectivity index is 1.69. The molecule has 2 aliphatic rings. The van der Waals surface area contributed by atoms with Gasteiger partial charge in [0.1, 0.15) is 11.5 Å². The van der Waals surface area contributed by atoms with E-state index in [1.807, 2.05) is 0 Å². The number of hydrogen-bond acceptors (Lipinski definition) is 6. The van der Waals surface area contributed by atoms with Crippen molar-refractivity contribution in [3.05, 3.63) is 47.7 Å². The molecule has 4 rings (SSSR count). The minimum absolute atomic E-state index is 0.0126. The number of aryl methyl sites for hydroxylation is 1. The molecule has 204 valence electrons. The first-order chi connectivity index (χ1) is 18.1. The van der Waals surface area contributed by atoms with Crippen LogP contribution < -0.4 is 25.2 Å². The number of fused-ring (bicyclic) bond motifs is 1. The van der Waals surface area contributed by atoms with Crippen molar-refractivity contribution in [1.29, 1.82) is 0 Å². The lowest BCUT2D eigenvalue weighted by Crippen LogP contribution is -2.50. The summed E-state index contributed by atoms with van der Waals surface area (Å²) in [6, 6.07) is -0.398. The van der Waals surface area contributed by atoms with Crippen LogP contribution in [0.5, 0.6) is 5.75 Å². The normalized spacial score (nSPS) is 19.3. The van der Waals surface area contributed by atoms with E-state index in [-0.39, 0.29) is 53.2 Å². The van der Waals surface area contributed by atoms with Gasteiger partial charge in [-0.1, -0.05) is 19.4 Å². The van der Waals surface area contributed by atoms with E-state index >= 15 is 8.78 Å². The van der Waals surface area contributed by atoms with Gasteiger partial charge in [0.15, 0.2) is 17.4 Å². The summed E-state index contributed by atoms with van der Waals surface area (Å²) in [5.41, 5.74) is -0.476. The first-order valence-electron chi connectivity index (χ1n) is 12.1. The van der Waals surface area contributed by atoms with Gasteiger partial charge in [0.05, 0.1) is 20.2 Å². The molecule has 2 unspecified atom stereocenters. The molecule has 1 aliphatic carbocycles. The van der Waals surface area contributed by atoms with Gasteiger partial charge in [-0.05, 0) is 37.5 Å². The number of benzene rings is 1. The quantitative estimate of drug-likeness (QED) is 0.386. The molecular weight excluding hydrogens is 508 g/mol. The summed E-state index contributed by atoms with van der Waals surface area (Å²) in [4.78, 5) is 35.2. The fourth-order valence-electron chi connectivity index (χ4n) is 4.76. The van der Waals surface area contributed by atoms with E-state index in [1.165, 1.54) is 26.3 Å². The highest BCUT2D eigenvalue weighted by atomic mass is 19.3. The Hall–Kier alpha value is -3.90. The van der Waals surface area contributed by atoms with E-state index < -0.39 is 36.3 Å². The van der Waals surface area contributed by atoms with Gasteiger partial charge < -0.3 is 15.4 Å². The van der Waals surface area contributed by atoms with Gasteiger partial charge in [-0.3, -0.25) is 14.6 Å². The third kappa shape index (κ3) is 5.36. The number of rotatable bonds is 8. The first-order valence-corrected chi connectivity index (χ1v) is 12.1. The van der Waals surface area contributed by atoms with Gasteiger partial charge in [0, 0.05) is 23.8 Å². The number of amides is 3. The SMILES string of the molecule is C=CC(=O)NC1CCCCC1Nc1ncc2c(n1)N(CC(F)F)C(=O)N(c1c(F)c(C)cc(OC)c1F)C2. The molecule has 9 nitrogen and oxygen atoms in total. The van der Waals surface area contributed by atoms with Crippen molar-refractivity contribution < 1.29 is 31.9 Å². The summed E-state index contributed by atoms with van der Waals surface area (Å²) in [6.07, 6.45) is 2.77. The van der Waals surface area contributed by atoms with Gasteiger partial charge in [-0.25, -0.2) is 27.3 Å². The van der Waals surface area contributed by atoms with E-state index in [4.69, 9.17) is 4.74 Å². The summed E-state index contributed by atoms with van der Waals surface area (Å²) in [5.74, 6) is -2.78. The number of methoxy groups -OCH3 is 1. The average Bonchev–Trinajstić information content (AvgIpc) is 2.89. The maximum atomic E-state index is 15.1. The van der Waals surface area contributed by atoms with E-state index in [1.54, 1.807) is 0 Å². The molecule has 1 saturated carbocycles. The van der Waals surface area contributed by atoms with E-state index in [9.17, 15) is 18.4 Å². The van der Waals surface area contributed by atoms with Crippen LogP contribution in [-0.2, 0) is 11.3 Å². The van der Waals surface area contributed by atoms with Gasteiger partial charge >= 0.3 is 6.03 Å². The molecule has 1 aliphatic heterocycles. The minimum Gasteiger partial charge on any atom is -0.494 e. The topological polar surface area (TPSA) is 99.7 Å². The lowest BCUT2D eigenvalue weighted by Gasteiger charge is -2.37. The Morgan fingerprint density at radius 1 is 1.26 bits per heavy atom. The van der Waals surface area contributed by atoms with Crippen LogP contribution in [0.2, 0.25) is 0 Å². The Kier molecular flexibility index (Phi) is 8.02. The van der Waals surface area contributed by atoms with Gasteiger partial charge in [0.25, 0.3) is 6.43 Å². The molecule has 2 aromatic rings. The maximum absolute atomic E-state index is 15.1. The smallest absolute Gasteiger partial charge is 0.330 e. The number of nitrogens with zero attached hydrogens (tertiary/aromatic N) is 4. The molecule has 0 radical (unpaired) electrons. The fourth-order valence-corrected chi connectivity index (χ4v) is 4.76. The van der Waals surface area contributed by atoms with Crippen LogP contribution in [0.25, 0.3) is 0 Å². The monoisotopic (exact) mass is 536 g/mol. The Labute approximate surface area is 216 Å². The molecule has 0 saturated heterocycles. The van der Waals surface area contributed by atoms with Gasteiger partial charge in [0.2, 0.25) is 11.9 Å². The van der Waals surface area contributed by atoms with Crippen LogP contribution in [0.15, 0.2) is 24.9 Å². The van der Waals surface area contributed by atoms with Crippen molar-refractivity contribution in [1.82, 2.24) is 15.3 Å². The number of halogens is 4. The molecule has 1 fully saturated rings. The molecule has 0 spiro atoms. The second-order valence-corrected chi connectivity index (χ2v) is 9.14. The van der Waals surface area contributed by atoms with Crippen LogP contribution in [0, 0.1) is 18.6 Å². The molecule has 13 heteroatoms. The van der Waals surface area contributed by atoms with Crippen LogP contribution in [0.3, 0.4) is 0 Å². The van der Waals surface area contributed by atoms with Gasteiger partial charge in [-0.2, -0.15) is 4.98 Å². The molecule has 0 bridgehead atoms. The number of aromatic nitrogens is 2. The van der Waals surface area contributed by atoms with Crippen molar-refractivity contribution >= 4 is 29.4 Å². The summed E-state index contributed by atoms with van der Waals surface area (Å²) in [5, 5.41) is 6.00.